The summed E-state index contributed by atoms with van der Waals surface area (Å²) in [7, 11) is 1.60. The minimum absolute atomic E-state index is 0.0614. The maximum absolute atomic E-state index is 12.6. The summed E-state index contributed by atoms with van der Waals surface area (Å²) in [6, 6.07) is 11.6. The number of piperazine rings is 1. The molecule has 3 aromatic rings. The monoisotopic (exact) mass is 407 g/mol. The third kappa shape index (κ3) is 3.82. The molecule has 2 aromatic carbocycles. The molecule has 9 nitrogen and oxygen atoms in total. The molecule has 0 bridgehead atoms. The molecule has 1 aliphatic rings. The van der Waals surface area contributed by atoms with E-state index >= 15 is 0 Å². The Morgan fingerprint density at radius 2 is 1.83 bits per heavy atom. The topological polar surface area (TPSA) is 108 Å². The Balaban J connectivity index is 1.42. The average molecular weight is 407 g/mol. The molecule has 30 heavy (non-hydrogen) atoms. The van der Waals surface area contributed by atoms with Gasteiger partial charge in [-0.1, -0.05) is 18.2 Å². The van der Waals surface area contributed by atoms with Crippen molar-refractivity contribution in [1.82, 2.24) is 14.9 Å². The van der Waals surface area contributed by atoms with E-state index < -0.39 is 5.97 Å². The zero-order chi connectivity index (χ0) is 21.1. The summed E-state index contributed by atoms with van der Waals surface area (Å²) >= 11 is 0. The number of rotatable bonds is 4. The zero-order valence-electron chi connectivity index (χ0n) is 16.4. The van der Waals surface area contributed by atoms with Crippen molar-refractivity contribution in [3.8, 4) is 5.75 Å². The van der Waals surface area contributed by atoms with Crippen molar-refractivity contribution in [2.45, 2.75) is 0 Å². The molecule has 0 unspecified atom stereocenters. The van der Waals surface area contributed by atoms with Crippen LogP contribution in [0.5, 0.6) is 5.75 Å². The molecule has 4 rings (SSSR count). The summed E-state index contributed by atoms with van der Waals surface area (Å²) < 4.78 is 5.32. The van der Waals surface area contributed by atoms with Crippen LogP contribution in [0.25, 0.3) is 11.0 Å². The number of carboxylic acid groups (broad SMARTS) is 1. The predicted octanol–water partition coefficient (Wildman–Crippen LogP) is 2.69. The number of carbonyl (C=O) groups is 2. The number of para-hydroxylation sites is 2. The lowest BCUT2D eigenvalue weighted by molar-refractivity contribution is 0.0698. The molecule has 1 saturated heterocycles. The predicted molar refractivity (Wildman–Crippen MR) is 112 cm³/mol. The number of urea groups is 1. The first-order valence-corrected chi connectivity index (χ1v) is 9.50. The zero-order valence-corrected chi connectivity index (χ0v) is 16.4. The lowest BCUT2D eigenvalue weighted by atomic mass is 10.2. The lowest BCUT2D eigenvalue weighted by Crippen LogP contribution is -2.50. The van der Waals surface area contributed by atoms with Crippen LogP contribution in [0.3, 0.4) is 0 Å². The fraction of sp³-hybridized carbons (Fsp3) is 0.238. The Labute approximate surface area is 172 Å². The number of amides is 2. The largest absolute Gasteiger partial charge is 0.494 e. The van der Waals surface area contributed by atoms with E-state index in [2.05, 4.69) is 20.2 Å². The summed E-state index contributed by atoms with van der Waals surface area (Å²) in [5.74, 6) is 0.337. The van der Waals surface area contributed by atoms with Crippen molar-refractivity contribution in [3.63, 3.8) is 0 Å². The summed E-state index contributed by atoms with van der Waals surface area (Å²) in [5.41, 5.74) is 1.80. The van der Waals surface area contributed by atoms with Crippen molar-refractivity contribution in [1.29, 1.82) is 0 Å². The molecule has 0 saturated carbocycles. The fourth-order valence-electron chi connectivity index (χ4n) is 3.43. The van der Waals surface area contributed by atoms with E-state index in [-0.39, 0.29) is 17.3 Å². The van der Waals surface area contributed by atoms with Crippen molar-refractivity contribution in [3.05, 3.63) is 54.2 Å². The van der Waals surface area contributed by atoms with Gasteiger partial charge in [0.05, 0.1) is 30.1 Å². The molecule has 0 aliphatic carbocycles. The van der Waals surface area contributed by atoms with E-state index in [1.807, 2.05) is 18.2 Å². The number of aromatic nitrogens is 2. The highest BCUT2D eigenvalue weighted by Gasteiger charge is 2.23. The molecule has 1 aliphatic heterocycles. The molecule has 0 radical (unpaired) electrons. The van der Waals surface area contributed by atoms with Gasteiger partial charge in [0.15, 0.2) is 0 Å². The number of anilines is 2. The van der Waals surface area contributed by atoms with Gasteiger partial charge in [-0.15, -0.1) is 0 Å². The highest BCUT2D eigenvalue weighted by Crippen LogP contribution is 2.24. The number of hydrogen-bond donors (Lipinski definition) is 2. The molecular weight excluding hydrogens is 386 g/mol. The first kappa shape index (κ1) is 19.4. The smallest absolute Gasteiger partial charge is 0.337 e. The highest BCUT2D eigenvalue weighted by molar-refractivity contribution is 6.00. The molecular formula is C21H21N5O4. The van der Waals surface area contributed by atoms with Gasteiger partial charge in [-0.25, -0.2) is 19.6 Å². The van der Waals surface area contributed by atoms with E-state index in [1.54, 1.807) is 36.4 Å². The quantitative estimate of drug-likeness (QED) is 0.685. The summed E-state index contributed by atoms with van der Waals surface area (Å²) in [5, 5.41) is 12.0. The van der Waals surface area contributed by atoms with Crippen LogP contribution < -0.4 is 15.0 Å². The van der Waals surface area contributed by atoms with Gasteiger partial charge < -0.3 is 25.0 Å². The molecule has 9 heteroatoms. The Hall–Kier alpha value is -3.88. The number of benzene rings is 2. The van der Waals surface area contributed by atoms with Crippen LogP contribution in [0.4, 0.5) is 16.3 Å². The van der Waals surface area contributed by atoms with E-state index in [0.717, 1.165) is 11.3 Å². The van der Waals surface area contributed by atoms with Gasteiger partial charge in [0.25, 0.3) is 0 Å². The lowest BCUT2D eigenvalue weighted by Gasteiger charge is -2.35. The van der Waals surface area contributed by atoms with Gasteiger partial charge in [0.1, 0.15) is 17.1 Å². The Bertz CT molecular complexity index is 1100. The highest BCUT2D eigenvalue weighted by atomic mass is 16.5. The van der Waals surface area contributed by atoms with Crippen LogP contribution in [0.2, 0.25) is 0 Å². The maximum atomic E-state index is 12.6. The summed E-state index contributed by atoms with van der Waals surface area (Å²) in [6.45, 7) is 2.16. The summed E-state index contributed by atoms with van der Waals surface area (Å²) in [4.78, 5) is 36.8. The van der Waals surface area contributed by atoms with Crippen LogP contribution >= 0.6 is 0 Å². The molecule has 0 atom stereocenters. The number of methoxy groups -OCH3 is 1. The van der Waals surface area contributed by atoms with Gasteiger partial charge in [-0.3, -0.25) is 0 Å². The number of carbonyl (C=O) groups excluding carboxylic acids is 1. The minimum atomic E-state index is -1.08. The van der Waals surface area contributed by atoms with E-state index in [1.165, 1.54) is 6.07 Å². The molecule has 2 amide bonds. The van der Waals surface area contributed by atoms with E-state index in [0.29, 0.717) is 37.4 Å². The van der Waals surface area contributed by atoms with Gasteiger partial charge in [-0.05, 0) is 24.3 Å². The second-order valence-corrected chi connectivity index (χ2v) is 6.81. The van der Waals surface area contributed by atoms with E-state index in [9.17, 15) is 14.7 Å². The first-order valence-electron chi connectivity index (χ1n) is 9.50. The second-order valence-electron chi connectivity index (χ2n) is 6.81. The SMILES string of the molecule is COc1cccc2nc(N3CCN(C(=O)Nc4ccccc4C(=O)O)CC3)cnc12. The molecule has 154 valence electrons. The first-order chi connectivity index (χ1) is 14.6. The van der Waals surface area contributed by atoms with Crippen molar-refractivity contribution in [2.75, 3.05) is 43.5 Å². The second kappa shape index (κ2) is 8.24. The van der Waals surface area contributed by atoms with Gasteiger partial charge in [0, 0.05) is 26.2 Å². The molecule has 2 N–H and O–H groups in total. The molecule has 1 fully saturated rings. The number of hydrogen-bond acceptors (Lipinski definition) is 6. The molecule has 1 aromatic heterocycles. The van der Waals surface area contributed by atoms with Gasteiger partial charge in [-0.2, -0.15) is 0 Å². The number of nitrogens with zero attached hydrogens (tertiary/aromatic N) is 4. The number of carboxylic acids is 1. The van der Waals surface area contributed by atoms with Crippen LogP contribution in [0.1, 0.15) is 10.4 Å². The molecule has 0 spiro atoms. The third-order valence-electron chi connectivity index (χ3n) is 5.03. The fourth-order valence-corrected chi connectivity index (χ4v) is 3.43. The average Bonchev–Trinajstić information content (AvgIpc) is 2.78. The Morgan fingerprint density at radius 1 is 1.07 bits per heavy atom. The normalized spacial score (nSPS) is 13.9. The van der Waals surface area contributed by atoms with Crippen LogP contribution in [-0.2, 0) is 0 Å². The Morgan fingerprint density at radius 3 is 2.57 bits per heavy atom. The molecule has 2 heterocycles. The minimum Gasteiger partial charge on any atom is -0.494 e. The van der Waals surface area contributed by atoms with Gasteiger partial charge in [0.2, 0.25) is 0 Å². The standard InChI is InChI=1S/C21H21N5O4/c1-30-17-8-4-7-16-19(17)22-13-18(23-16)25-9-11-26(12-10-25)21(29)24-15-6-3-2-5-14(15)20(27)28/h2-8,13H,9-12H2,1H3,(H,24,29)(H,27,28). The number of aromatic carboxylic acids is 1. The van der Waals surface area contributed by atoms with Crippen LogP contribution in [-0.4, -0.2) is 65.3 Å². The number of ether oxygens (including phenoxy) is 1. The Kier molecular flexibility index (Phi) is 5.34. The van der Waals surface area contributed by atoms with Crippen LogP contribution in [0, 0.1) is 0 Å². The number of nitrogens with one attached hydrogen (secondary N) is 1. The maximum Gasteiger partial charge on any atom is 0.337 e. The number of fused-ring (bicyclic) bond motifs is 1. The van der Waals surface area contributed by atoms with Crippen molar-refractivity contribution < 1.29 is 19.4 Å². The van der Waals surface area contributed by atoms with Crippen molar-refractivity contribution >= 4 is 34.5 Å². The summed E-state index contributed by atoms with van der Waals surface area (Å²) in [6.07, 6.45) is 1.71. The van der Waals surface area contributed by atoms with Crippen molar-refractivity contribution in [2.24, 2.45) is 0 Å². The third-order valence-corrected chi connectivity index (χ3v) is 5.03. The van der Waals surface area contributed by atoms with E-state index in [4.69, 9.17) is 4.74 Å². The van der Waals surface area contributed by atoms with Crippen LogP contribution in [0.15, 0.2) is 48.7 Å². The van der Waals surface area contributed by atoms with Gasteiger partial charge >= 0.3 is 12.0 Å².